The van der Waals surface area contributed by atoms with Gasteiger partial charge >= 0.3 is 0 Å². The standard InChI is InChI=1S/C75H64B3N9/c1-4-19-49(20-5-1)85-64-40-37-46(43-55(64)76-52-25-10-13-28-58(52)79-61-31-16-34-67(85)70(61)76)73-82-74(47-38-41-65-56(44-47)77-53-26-11-14-29-59(53)80-62-32-17-35-68(71(62)77)86(65)50-21-6-2-7-22-50)84-75(83-73)48-39-42-66-57(45-48)78-54-27-12-15-30-60(54)81-63-33-18-36-69(72(63)78)87(66)51-23-8-3-9-24-51/h1-8,10-23,25-31,33-36,39,42-43,45,47,62,73-75,79-84H,9,24,32,37-38,40-41,44H2/p+1. The van der Waals surface area contributed by atoms with Crippen LogP contribution >= 0.6 is 0 Å². The van der Waals surface area contributed by atoms with Gasteiger partial charge in [0.15, 0.2) is 12.3 Å². The summed E-state index contributed by atoms with van der Waals surface area (Å²) in [6.45, 7) is 0.392. The zero-order chi connectivity index (χ0) is 56.8. The van der Waals surface area contributed by atoms with E-state index >= 15 is 0 Å². The number of nitrogens with one attached hydrogen (secondary N) is 5. The first-order valence-electron chi connectivity index (χ1n) is 31.9. The molecule has 1 saturated heterocycles. The van der Waals surface area contributed by atoms with Gasteiger partial charge in [-0.3, -0.25) is 0 Å². The van der Waals surface area contributed by atoms with Crippen molar-refractivity contribution in [3.05, 3.63) is 275 Å². The number of quaternary nitrogens is 1. The predicted octanol–water partition coefficient (Wildman–Crippen LogP) is 10.4. The lowest BCUT2D eigenvalue weighted by molar-refractivity contribution is -0.741. The van der Waals surface area contributed by atoms with Crippen molar-refractivity contribution in [2.24, 2.45) is 5.92 Å². The number of hydrogen-bond donors (Lipinski definition) is 6. The van der Waals surface area contributed by atoms with E-state index in [4.69, 9.17) is 0 Å². The Labute approximate surface area is 510 Å². The van der Waals surface area contributed by atoms with Gasteiger partial charge in [-0.15, -0.1) is 0 Å². The molecule has 11 aliphatic rings. The molecule has 0 amide bonds. The minimum atomic E-state index is -0.0369. The molecule has 0 saturated carbocycles. The molecule has 7 N–H and O–H groups in total. The first kappa shape index (κ1) is 50.0. The van der Waals surface area contributed by atoms with Crippen molar-refractivity contribution in [2.75, 3.05) is 30.7 Å². The SMILES string of the molecule is C1=CCCC(N2c3ccc(C4NC(C5CCC6=C(C5)B5C7=C(C=CCC7Nc7ccccc75)N6c5ccccc5)NC(C5=CC6=C(CC5)N(c5ccccc5)c5cccc7c5B6c5ccccc5N7)[NH2+]4)cc3B3c4ccccc4Nc4cccc2c43)=C1. The van der Waals surface area contributed by atoms with Crippen LogP contribution in [0.3, 0.4) is 0 Å². The topological polar surface area (TPSA) is 86.5 Å². The van der Waals surface area contributed by atoms with Gasteiger partial charge in [0.05, 0.1) is 6.17 Å². The van der Waals surface area contributed by atoms with Crippen LogP contribution in [0.15, 0.2) is 269 Å². The highest BCUT2D eigenvalue weighted by molar-refractivity contribution is 7.00. The van der Waals surface area contributed by atoms with Crippen LogP contribution < -0.4 is 79.4 Å². The molecule has 0 radical (unpaired) electrons. The Morgan fingerprint density at radius 2 is 1.16 bits per heavy atom. The smallest absolute Gasteiger partial charge is 0.252 e. The fourth-order valence-electron chi connectivity index (χ4n) is 17.5. The highest BCUT2D eigenvalue weighted by Crippen LogP contribution is 2.49. The molecule has 9 nitrogen and oxygen atoms in total. The van der Waals surface area contributed by atoms with Gasteiger partial charge in [-0.05, 0) is 192 Å². The molecule has 4 aliphatic carbocycles. The summed E-state index contributed by atoms with van der Waals surface area (Å²) in [6, 6.07) is 71.1. The molecule has 1 fully saturated rings. The molecular formula is C75H65B3N9+. The maximum atomic E-state index is 4.49. The summed E-state index contributed by atoms with van der Waals surface area (Å²) in [5.41, 5.74) is 33.4. The van der Waals surface area contributed by atoms with Gasteiger partial charge in [0.2, 0.25) is 6.71 Å². The van der Waals surface area contributed by atoms with E-state index in [-0.39, 0.29) is 44.7 Å². The quantitative estimate of drug-likeness (QED) is 0.0919. The van der Waals surface area contributed by atoms with E-state index in [0.29, 0.717) is 5.92 Å². The van der Waals surface area contributed by atoms with Crippen molar-refractivity contribution in [3.8, 4) is 0 Å². The van der Waals surface area contributed by atoms with Crippen molar-refractivity contribution in [3.63, 3.8) is 0 Å². The Balaban J connectivity index is 0.766. The fraction of sp³-hybridized carbons (Fsp3) is 0.173. The van der Waals surface area contributed by atoms with Gasteiger partial charge in [0.1, 0.15) is 0 Å². The van der Waals surface area contributed by atoms with Crippen LogP contribution in [-0.4, -0.2) is 38.5 Å². The number of benzene rings is 8. The summed E-state index contributed by atoms with van der Waals surface area (Å²) in [6.07, 6.45) is 22.4. The van der Waals surface area contributed by atoms with Gasteiger partial charge in [-0.25, -0.2) is 10.6 Å². The third-order valence-corrected chi connectivity index (χ3v) is 21.2. The molecule has 0 bridgehead atoms. The number of nitrogens with two attached hydrogens (primary N) is 1. The monoisotopic (exact) mass is 1120 g/mol. The number of rotatable bonds is 6. The Kier molecular flexibility index (Phi) is 11.3. The van der Waals surface area contributed by atoms with Gasteiger partial charge in [-0.2, -0.15) is 0 Å². The zero-order valence-electron chi connectivity index (χ0n) is 48.6. The highest BCUT2D eigenvalue weighted by Gasteiger charge is 2.50. The summed E-state index contributed by atoms with van der Waals surface area (Å²) < 4.78 is 0. The molecule has 12 heteroatoms. The second-order valence-electron chi connectivity index (χ2n) is 25.6. The molecule has 0 spiro atoms. The normalized spacial score (nSPS) is 23.1. The van der Waals surface area contributed by atoms with Gasteiger partial charge in [-0.1, -0.05) is 139 Å². The molecule has 87 heavy (non-hydrogen) atoms. The summed E-state index contributed by atoms with van der Waals surface area (Å²) in [5, 5.41) is 23.4. The lowest BCUT2D eigenvalue weighted by Gasteiger charge is -2.50. The van der Waals surface area contributed by atoms with Gasteiger partial charge in [0.25, 0.3) is 13.4 Å². The van der Waals surface area contributed by atoms with E-state index in [1.54, 1.807) is 5.47 Å². The van der Waals surface area contributed by atoms with Crippen molar-refractivity contribution in [2.45, 2.75) is 75.9 Å². The minimum absolute atomic E-state index is 0.0112. The molecule has 418 valence electrons. The first-order chi connectivity index (χ1) is 43.1. The molecule has 8 aromatic carbocycles. The second-order valence-corrected chi connectivity index (χ2v) is 25.6. The fourth-order valence-corrected chi connectivity index (χ4v) is 17.5. The van der Waals surface area contributed by atoms with Crippen LogP contribution in [-0.2, 0) is 0 Å². The predicted molar refractivity (Wildman–Crippen MR) is 362 cm³/mol. The van der Waals surface area contributed by atoms with E-state index in [9.17, 15) is 0 Å². The third-order valence-electron chi connectivity index (χ3n) is 21.2. The maximum Gasteiger partial charge on any atom is 0.252 e. The van der Waals surface area contributed by atoms with Crippen LogP contribution in [0.1, 0.15) is 63.1 Å². The minimum Gasteiger partial charge on any atom is -0.379 e. The van der Waals surface area contributed by atoms with Crippen molar-refractivity contribution in [1.29, 1.82) is 0 Å². The zero-order valence-corrected chi connectivity index (χ0v) is 48.6. The molecule has 7 heterocycles. The Bertz CT molecular complexity index is 4470. The molecule has 19 rings (SSSR count). The maximum absolute atomic E-state index is 4.49. The second kappa shape index (κ2) is 19.7. The lowest BCUT2D eigenvalue weighted by Crippen LogP contribution is -3.01. The van der Waals surface area contributed by atoms with E-state index in [1.807, 2.05) is 0 Å². The summed E-state index contributed by atoms with van der Waals surface area (Å²) in [4.78, 5) is 7.82. The van der Waals surface area contributed by atoms with Crippen LogP contribution in [0.25, 0.3) is 0 Å². The number of para-hydroxylation sites is 5. The number of anilines is 10. The largest absolute Gasteiger partial charge is 0.379 e. The number of allylic oxidation sites excluding steroid dienone is 10. The molecule has 0 aromatic heterocycles. The van der Waals surface area contributed by atoms with E-state index in [0.717, 1.165) is 51.4 Å². The van der Waals surface area contributed by atoms with E-state index in [2.05, 4.69) is 271 Å². The van der Waals surface area contributed by atoms with Crippen LogP contribution in [0, 0.1) is 5.92 Å². The average molecular weight is 1120 g/mol. The summed E-state index contributed by atoms with van der Waals surface area (Å²) in [7, 11) is 0. The Morgan fingerprint density at radius 1 is 0.506 bits per heavy atom. The van der Waals surface area contributed by atoms with Crippen LogP contribution in [0.2, 0.25) is 0 Å². The molecule has 5 atom stereocenters. The Hall–Kier alpha value is -9.19. The van der Waals surface area contributed by atoms with Gasteiger partial charge in [0, 0.05) is 96.8 Å². The summed E-state index contributed by atoms with van der Waals surface area (Å²) >= 11 is 0. The molecular weight excluding hydrogens is 1060 g/mol. The van der Waals surface area contributed by atoms with Crippen molar-refractivity contribution in [1.82, 2.24) is 10.6 Å². The highest BCUT2D eigenvalue weighted by atomic mass is 15.4. The van der Waals surface area contributed by atoms with Gasteiger partial charge < -0.3 is 36.0 Å². The molecule has 7 aliphatic heterocycles. The van der Waals surface area contributed by atoms with Crippen molar-refractivity contribution < 1.29 is 5.32 Å². The van der Waals surface area contributed by atoms with Crippen molar-refractivity contribution >= 4 is 110 Å². The Morgan fingerprint density at radius 3 is 1.91 bits per heavy atom. The average Bonchev–Trinajstić information content (AvgIpc) is 1.46. The number of nitrogens with zero attached hydrogens (tertiary/aromatic N) is 3. The van der Waals surface area contributed by atoms with Crippen LogP contribution in [0.5, 0.6) is 0 Å². The summed E-state index contributed by atoms with van der Waals surface area (Å²) in [5.74, 6) is 0.319. The molecule has 8 aromatic rings. The lowest BCUT2D eigenvalue weighted by atomic mass is 9.30. The number of hydrogen-bond acceptors (Lipinski definition) is 8. The van der Waals surface area contributed by atoms with Crippen LogP contribution in [0.4, 0.5) is 56.9 Å². The number of fused-ring (bicyclic) bond motifs is 10. The first-order valence-corrected chi connectivity index (χ1v) is 31.9. The third kappa shape index (κ3) is 7.67. The van der Waals surface area contributed by atoms with E-state index in [1.165, 1.54) is 135 Å². The molecule has 5 unspecified atom stereocenters. The van der Waals surface area contributed by atoms with E-state index < -0.39 is 0 Å².